The summed E-state index contributed by atoms with van der Waals surface area (Å²) in [7, 11) is 4.86. The number of aryl methyl sites for hydroxylation is 1. The van der Waals surface area contributed by atoms with Crippen LogP contribution in [0.1, 0.15) is 29.5 Å². The summed E-state index contributed by atoms with van der Waals surface area (Å²) < 4.78 is 26.6. The fourth-order valence-corrected chi connectivity index (χ4v) is 5.13. The zero-order chi connectivity index (χ0) is 28.8. The summed E-state index contributed by atoms with van der Waals surface area (Å²) in [5, 5.41) is 0. The summed E-state index contributed by atoms with van der Waals surface area (Å²) >= 11 is 3.48. The van der Waals surface area contributed by atoms with Gasteiger partial charge in [-0.2, -0.15) is 0 Å². The van der Waals surface area contributed by atoms with Gasteiger partial charge in [-0.15, -0.1) is 0 Å². The van der Waals surface area contributed by atoms with E-state index in [1.54, 1.807) is 27.3 Å². The summed E-state index contributed by atoms with van der Waals surface area (Å²) in [6.45, 7) is 3.83. The molecule has 0 bridgehead atoms. The number of nitrogens with zero attached hydrogens (tertiary/aromatic N) is 3. The Hall–Kier alpha value is -3.43. The van der Waals surface area contributed by atoms with E-state index in [0.717, 1.165) is 47.2 Å². The van der Waals surface area contributed by atoms with Gasteiger partial charge in [0.2, 0.25) is 0 Å². The first-order valence-electron chi connectivity index (χ1n) is 13.2. The average molecular weight is 613 g/mol. The van der Waals surface area contributed by atoms with Crippen molar-refractivity contribution in [2.24, 2.45) is 0 Å². The number of halogens is 2. The van der Waals surface area contributed by atoms with Gasteiger partial charge in [0.1, 0.15) is 17.3 Å². The van der Waals surface area contributed by atoms with Crippen LogP contribution in [0.3, 0.4) is 0 Å². The number of carbonyl (C=O) groups is 2. The number of piperidine rings is 1. The summed E-state index contributed by atoms with van der Waals surface area (Å²) in [5.41, 5.74) is 3.39. The van der Waals surface area contributed by atoms with E-state index >= 15 is 0 Å². The Morgan fingerprint density at radius 3 is 2.17 bits per heavy atom. The summed E-state index contributed by atoms with van der Waals surface area (Å²) in [6.07, 6.45) is 1.96. The molecule has 9 heteroatoms. The molecule has 40 heavy (non-hydrogen) atoms. The van der Waals surface area contributed by atoms with E-state index in [4.69, 9.17) is 9.47 Å². The first kappa shape index (κ1) is 29.6. The van der Waals surface area contributed by atoms with E-state index in [9.17, 15) is 14.0 Å². The predicted octanol–water partition coefficient (Wildman–Crippen LogP) is 5.92. The molecule has 0 aromatic heterocycles. The van der Waals surface area contributed by atoms with Gasteiger partial charge in [-0.1, -0.05) is 39.7 Å². The van der Waals surface area contributed by atoms with Crippen molar-refractivity contribution in [1.29, 1.82) is 0 Å². The smallest absolute Gasteiger partial charge is 0.312 e. The number of benzene rings is 3. The van der Waals surface area contributed by atoms with Crippen LogP contribution in [0.4, 0.5) is 10.1 Å². The molecule has 0 radical (unpaired) electrons. The number of likely N-dealkylation sites (N-methyl/N-ethyl adjacent to an activating group) is 2. The number of methoxy groups -OCH3 is 1. The summed E-state index contributed by atoms with van der Waals surface area (Å²) in [5.74, 6) is -0.460. The van der Waals surface area contributed by atoms with Crippen LogP contribution in [0.15, 0.2) is 65.1 Å². The third-order valence-electron chi connectivity index (χ3n) is 7.13. The number of hydrogen-bond donors (Lipinski definition) is 0. The van der Waals surface area contributed by atoms with E-state index in [1.807, 2.05) is 49.4 Å². The van der Waals surface area contributed by atoms with Crippen LogP contribution in [0.2, 0.25) is 0 Å². The van der Waals surface area contributed by atoms with Gasteiger partial charge >= 0.3 is 11.8 Å². The third kappa shape index (κ3) is 7.40. The van der Waals surface area contributed by atoms with E-state index in [-0.39, 0.29) is 25.0 Å². The van der Waals surface area contributed by atoms with Gasteiger partial charge in [-0.25, -0.2) is 4.39 Å². The van der Waals surface area contributed by atoms with Crippen LogP contribution < -0.4 is 9.64 Å². The molecule has 0 spiro atoms. The lowest BCUT2D eigenvalue weighted by Crippen LogP contribution is -2.42. The van der Waals surface area contributed by atoms with Gasteiger partial charge in [-0.05, 0) is 67.8 Å². The molecular weight excluding hydrogens is 577 g/mol. The van der Waals surface area contributed by atoms with Crippen molar-refractivity contribution in [1.82, 2.24) is 9.80 Å². The Bertz CT molecular complexity index is 1340. The van der Waals surface area contributed by atoms with Crippen molar-refractivity contribution in [3.63, 3.8) is 0 Å². The van der Waals surface area contributed by atoms with E-state index < -0.39 is 11.8 Å². The van der Waals surface area contributed by atoms with E-state index in [1.165, 1.54) is 21.9 Å². The second-order valence-corrected chi connectivity index (χ2v) is 11.1. The van der Waals surface area contributed by atoms with Crippen molar-refractivity contribution < 1.29 is 23.5 Å². The number of carbonyl (C=O) groups excluding carboxylic acids is 2. The molecule has 1 aliphatic rings. The second kappa shape index (κ2) is 13.3. The topological polar surface area (TPSA) is 62.3 Å². The standard InChI is InChI=1S/C31H35BrFN3O4/c1-21-5-10-27(11-6-21)40-29-18-24(32)8-7-22(29)19-34(2)30(37)31(38)35(3)20-23-17-25(33)9-12-28(23)36-15-13-26(39-4)14-16-36/h5-12,17-18,26H,13-16,19-20H2,1-4H3. The maximum absolute atomic E-state index is 14.2. The molecule has 1 heterocycles. The van der Waals surface area contributed by atoms with E-state index in [0.29, 0.717) is 17.1 Å². The molecule has 2 amide bonds. The minimum atomic E-state index is -0.672. The lowest BCUT2D eigenvalue weighted by Gasteiger charge is -2.34. The molecule has 0 N–H and O–H groups in total. The van der Waals surface area contributed by atoms with Crippen LogP contribution in [-0.4, -0.2) is 62.0 Å². The molecule has 1 aliphatic heterocycles. The van der Waals surface area contributed by atoms with Gasteiger partial charge in [0, 0.05) is 63.1 Å². The lowest BCUT2D eigenvalue weighted by atomic mass is 10.0. The zero-order valence-corrected chi connectivity index (χ0v) is 24.9. The van der Waals surface area contributed by atoms with Crippen molar-refractivity contribution >= 4 is 33.4 Å². The Kier molecular flexibility index (Phi) is 9.81. The fraction of sp³-hybridized carbons (Fsp3) is 0.355. The first-order chi connectivity index (χ1) is 19.1. The molecular formula is C31H35BrFN3O4. The molecule has 212 valence electrons. The molecule has 0 aliphatic carbocycles. The van der Waals surface area contributed by atoms with Crippen LogP contribution in [0, 0.1) is 12.7 Å². The predicted molar refractivity (Wildman–Crippen MR) is 157 cm³/mol. The maximum Gasteiger partial charge on any atom is 0.312 e. The van der Waals surface area contributed by atoms with Crippen molar-refractivity contribution in [3.05, 3.63) is 87.6 Å². The number of rotatable bonds is 8. The van der Waals surface area contributed by atoms with Gasteiger partial charge in [0.25, 0.3) is 0 Å². The highest BCUT2D eigenvalue weighted by Gasteiger charge is 2.26. The molecule has 0 unspecified atom stereocenters. The minimum absolute atomic E-state index is 0.107. The number of ether oxygens (including phenoxy) is 2. The molecule has 1 fully saturated rings. The maximum atomic E-state index is 14.2. The van der Waals surface area contributed by atoms with E-state index in [2.05, 4.69) is 20.8 Å². The number of amides is 2. The molecule has 1 saturated heterocycles. The Balaban J connectivity index is 1.44. The fourth-order valence-electron chi connectivity index (χ4n) is 4.79. The average Bonchev–Trinajstić information content (AvgIpc) is 2.95. The van der Waals surface area contributed by atoms with Crippen LogP contribution in [0.25, 0.3) is 0 Å². The van der Waals surface area contributed by atoms with Crippen LogP contribution in [0.5, 0.6) is 11.5 Å². The van der Waals surface area contributed by atoms with Crippen molar-refractivity contribution in [3.8, 4) is 11.5 Å². The van der Waals surface area contributed by atoms with Gasteiger partial charge < -0.3 is 24.2 Å². The zero-order valence-electron chi connectivity index (χ0n) is 23.3. The largest absolute Gasteiger partial charge is 0.457 e. The lowest BCUT2D eigenvalue weighted by molar-refractivity contribution is -0.150. The molecule has 0 saturated carbocycles. The SMILES string of the molecule is COC1CCN(c2ccc(F)cc2CN(C)C(=O)C(=O)N(C)Cc2ccc(Br)cc2Oc2ccc(C)cc2)CC1. The van der Waals surface area contributed by atoms with Gasteiger partial charge in [-0.3, -0.25) is 9.59 Å². The number of hydrogen-bond acceptors (Lipinski definition) is 5. The number of anilines is 1. The van der Waals surface area contributed by atoms with Crippen molar-refractivity contribution in [2.45, 2.75) is 39.0 Å². The molecule has 7 nitrogen and oxygen atoms in total. The molecule has 4 rings (SSSR count). The highest BCUT2D eigenvalue weighted by atomic mass is 79.9. The first-order valence-corrected chi connectivity index (χ1v) is 14.0. The molecule has 3 aromatic rings. The third-order valence-corrected chi connectivity index (χ3v) is 7.62. The molecule has 3 aromatic carbocycles. The summed E-state index contributed by atoms with van der Waals surface area (Å²) in [6, 6.07) is 17.9. The second-order valence-electron chi connectivity index (χ2n) is 10.2. The van der Waals surface area contributed by atoms with Crippen LogP contribution in [-0.2, 0) is 27.4 Å². The Labute approximate surface area is 243 Å². The normalized spacial score (nSPS) is 13.7. The quantitative estimate of drug-likeness (QED) is 0.296. The van der Waals surface area contributed by atoms with Gasteiger partial charge in [0.05, 0.1) is 6.10 Å². The monoisotopic (exact) mass is 611 g/mol. The van der Waals surface area contributed by atoms with Crippen LogP contribution >= 0.6 is 15.9 Å². The van der Waals surface area contributed by atoms with Crippen molar-refractivity contribution in [2.75, 3.05) is 39.2 Å². The summed E-state index contributed by atoms with van der Waals surface area (Å²) in [4.78, 5) is 31.2. The van der Waals surface area contributed by atoms with Gasteiger partial charge in [0.15, 0.2) is 0 Å². The Morgan fingerprint density at radius 2 is 1.55 bits per heavy atom. The molecule has 0 atom stereocenters. The minimum Gasteiger partial charge on any atom is -0.457 e. The highest BCUT2D eigenvalue weighted by Crippen LogP contribution is 2.30. The Morgan fingerprint density at radius 1 is 0.925 bits per heavy atom. The highest BCUT2D eigenvalue weighted by molar-refractivity contribution is 9.10.